The van der Waals surface area contributed by atoms with Crippen molar-refractivity contribution in [3.63, 3.8) is 0 Å². The molecule has 0 spiro atoms. The summed E-state index contributed by atoms with van der Waals surface area (Å²) < 4.78 is 11.3. The van der Waals surface area contributed by atoms with Crippen LogP contribution in [0.4, 0.5) is 0 Å². The molecular weight excluding hydrogens is 356 g/mol. The second-order valence-electron chi connectivity index (χ2n) is 7.21. The van der Waals surface area contributed by atoms with Crippen LogP contribution in [0.2, 0.25) is 0 Å². The topological polar surface area (TPSA) is 67.8 Å². The van der Waals surface area contributed by atoms with Gasteiger partial charge in [0.2, 0.25) is 11.8 Å². The van der Waals surface area contributed by atoms with E-state index in [0.29, 0.717) is 25.6 Å². The number of hydrogen-bond donors (Lipinski definition) is 0. The fraction of sp³-hybridized carbons (Fsp3) is 0.476. The highest BCUT2D eigenvalue weighted by Crippen LogP contribution is 2.33. The maximum Gasteiger partial charge on any atom is 0.241 e. The lowest BCUT2D eigenvalue weighted by atomic mass is 9.93. The number of carbonyl (C=O) groups excluding carboxylic acids is 1. The molecule has 1 amide bonds. The Balaban J connectivity index is 1.35. The minimum absolute atomic E-state index is 0.209. The fourth-order valence-electron chi connectivity index (χ4n) is 3.75. The first kappa shape index (κ1) is 18.8. The molecule has 0 aliphatic carbocycles. The largest absolute Gasteiger partial charge is 0.437 e. The summed E-state index contributed by atoms with van der Waals surface area (Å²) in [5.74, 6) is 1.77. The summed E-state index contributed by atoms with van der Waals surface area (Å²) in [7, 11) is 0. The number of carbonyl (C=O) groups is 1. The van der Waals surface area contributed by atoms with Gasteiger partial charge in [0, 0.05) is 44.5 Å². The van der Waals surface area contributed by atoms with Crippen molar-refractivity contribution in [2.45, 2.75) is 18.8 Å². The van der Waals surface area contributed by atoms with E-state index in [-0.39, 0.29) is 11.8 Å². The second kappa shape index (κ2) is 9.12. The van der Waals surface area contributed by atoms with Gasteiger partial charge in [-0.3, -0.25) is 14.7 Å². The van der Waals surface area contributed by atoms with Crippen LogP contribution in [-0.4, -0.2) is 71.6 Å². The van der Waals surface area contributed by atoms with E-state index in [4.69, 9.17) is 9.47 Å². The Labute approximate surface area is 165 Å². The molecule has 0 saturated carbocycles. The number of rotatable bonds is 5. The van der Waals surface area contributed by atoms with E-state index < -0.39 is 0 Å². The molecule has 3 heterocycles. The first-order valence-corrected chi connectivity index (χ1v) is 9.91. The summed E-state index contributed by atoms with van der Waals surface area (Å²) in [5, 5.41) is 0. The normalized spacial score (nSPS) is 18.8. The Morgan fingerprint density at radius 3 is 2.50 bits per heavy atom. The monoisotopic (exact) mass is 382 g/mol. The van der Waals surface area contributed by atoms with Gasteiger partial charge < -0.3 is 14.4 Å². The molecule has 4 rings (SSSR count). The van der Waals surface area contributed by atoms with E-state index in [1.165, 1.54) is 0 Å². The summed E-state index contributed by atoms with van der Waals surface area (Å²) in [6.45, 7) is 5.08. The summed E-state index contributed by atoms with van der Waals surface area (Å²) in [5.41, 5.74) is 0.881. The molecule has 148 valence electrons. The Morgan fingerprint density at radius 2 is 1.75 bits per heavy atom. The van der Waals surface area contributed by atoms with E-state index in [2.05, 4.69) is 14.9 Å². The summed E-state index contributed by atoms with van der Waals surface area (Å²) in [4.78, 5) is 25.7. The van der Waals surface area contributed by atoms with Crippen molar-refractivity contribution in [3.05, 3.63) is 48.4 Å². The van der Waals surface area contributed by atoms with Gasteiger partial charge in [-0.2, -0.15) is 0 Å². The molecule has 2 fully saturated rings. The van der Waals surface area contributed by atoms with Crippen LogP contribution in [0.1, 0.15) is 24.5 Å². The number of aromatic nitrogens is 2. The molecule has 0 bridgehead atoms. The Kier molecular flexibility index (Phi) is 6.14. The third-order valence-electron chi connectivity index (χ3n) is 5.35. The quantitative estimate of drug-likeness (QED) is 0.791. The average molecular weight is 382 g/mol. The summed E-state index contributed by atoms with van der Waals surface area (Å²) in [6, 6.07) is 9.64. The second-order valence-corrected chi connectivity index (χ2v) is 7.21. The summed E-state index contributed by atoms with van der Waals surface area (Å²) >= 11 is 0. The zero-order valence-electron chi connectivity index (χ0n) is 16.0. The number of ether oxygens (including phenoxy) is 2. The van der Waals surface area contributed by atoms with Crippen LogP contribution in [0.15, 0.2) is 42.7 Å². The Bertz CT molecular complexity index is 772. The van der Waals surface area contributed by atoms with Gasteiger partial charge in [0.15, 0.2) is 0 Å². The van der Waals surface area contributed by atoms with Crippen molar-refractivity contribution >= 4 is 5.91 Å². The zero-order valence-corrected chi connectivity index (χ0v) is 16.0. The highest BCUT2D eigenvalue weighted by atomic mass is 16.5. The molecule has 1 aromatic carbocycles. The summed E-state index contributed by atoms with van der Waals surface area (Å²) in [6.07, 6.45) is 5.11. The highest BCUT2D eigenvalue weighted by molar-refractivity contribution is 5.78. The van der Waals surface area contributed by atoms with Crippen LogP contribution >= 0.6 is 0 Å². The van der Waals surface area contributed by atoms with Crippen molar-refractivity contribution in [2.75, 3.05) is 45.9 Å². The van der Waals surface area contributed by atoms with Crippen LogP contribution in [0.5, 0.6) is 11.6 Å². The number of para-hydroxylation sites is 1. The lowest BCUT2D eigenvalue weighted by Gasteiger charge is -2.34. The van der Waals surface area contributed by atoms with Crippen molar-refractivity contribution in [3.8, 4) is 11.6 Å². The van der Waals surface area contributed by atoms with Crippen LogP contribution < -0.4 is 4.74 Å². The van der Waals surface area contributed by atoms with Gasteiger partial charge in [0.1, 0.15) is 11.4 Å². The van der Waals surface area contributed by atoms with Crippen molar-refractivity contribution < 1.29 is 14.3 Å². The molecule has 1 aromatic heterocycles. The van der Waals surface area contributed by atoms with Crippen LogP contribution in [0.3, 0.4) is 0 Å². The standard InChI is InChI=1S/C21H26N4O3/c26-19(16-24-12-14-27-15-13-24)25-10-6-17(7-11-25)20-21(23-9-8-22-20)28-18-4-2-1-3-5-18/h1-5,8-9,17H,6-7,10-16H2. The van der Waals surface area contributed by atoms with Crippen LogP contribution in [0, 0.1) is 0 Å². The lowest BCUT2D eigenvalue weighted by molar-refractivity contribution is -0.134. The molecule has 2 aliphatic rings. The first-order chi connectivity index (χ1) is 13.8. The number of hydrogen-bond acceptors (Lipinski definition) is 6. The minimum atomic E-state index is 0.209. The van der Waals surface area contributed by atoms with E-state index in [0.717, 1.165) is 50.5 Å². The number of amides is 1. The molecule has 0 atom stereocenters. The smallest absolute Gasteiger partial charge is 0.241 e. The van der Waals surface area contributed by atoms with Gasteiger partial charge >= 0.3 is 0 Å². The van der Waals surface area contributed by atoms with Crippen molar-refractivity contribution in [2.24, 2.45) is 0 Å². The van der Waals surface area contributed by atoms with Gasteiger partial charge in [-0.25, -0.2) is 4.98 Å². The van der Waals surface area contributed by atoms with Crippen LogP contribution in [-0.2, 0) is 9.53 Å². The third kappa shape index (κ3) is 4.66. The molecule has 2 aliphatic heterocycles. The van der Waals surface area contributed by atoms with Gasteiger partial charge in [-0.15, -0.1) is 0 Å². The van der Waals surface area contributed by atoms with Gasteiger partial charge in [-0.1, -0.05) is 18.2 Å². The van der Waals surface area contributed by atoms with E-state index >= 15 is 0 Å². The first-order valence-electron chi connectivity index (χ1n) is 9.91. The molecule has 2 aromatic rings. The van der Waals surface area contributed by atoms with E-state index in [1.807, 2.05) is 35.2 Å². The SMILES string of the molecule is O=C(CN1CCOCC1)N1CCC(c2nccnc2Oc2ccccc2)CC1. The number of benzene rings is 1. The zero-order chi connectivity index (χ0) is 19.2. The van der Waals surface area contributed by atoms with Crippen molar-refractivity contribution in [1.82, 2.24) is 19.8 Å². The number of morpholine rings is 1. The number of piperidine rings is 1. The predicted molar refractivity (Wildman–Crippen MR) is 104 cm³/mol. The predicted octanol–water partition coefficient (Wildman–Crippen LogP) is 2.31. The average Bonchev–Trinajstić information content (AvgIpc) is 2.76. The maximum atomic E-state index is 12.6. The molecule has 2 saturated heterocycles. The molecule has 28 heavy (non-hydrogen) atoms. The van der Waals surface area contributed by atoms with Crippen LogP contribution in [0.25, 0.3) is 0 Å². The minimum Gasteiger partial charge on any atom is -0.437 e. The molecule has 7 nitrogen and oxygen atoms in total. The van der Waals surface area contributed by atoms with E-state index in [9.17, 15) is 4.79 Å². The molecule has 0 radical (unpaired) electrons. The Hall–Kier alpha value is -2.51. The number of nitrogens with zero attached hydrogens (tertiary/aromatic N) is 4. The highest BCUT2D eigenvalue weighted by Gasteiger charge is 2.28. The lowest BCUT2D eigenvalue weighted by Crippen LogP contribution is -2.46. The van der Waals surface area contributed by atoms with Crippen molar-refractivity contribution in [1.29, 1.82) is 0 Å². The fourth-order valence-corrected chi connectivity index (χ4v) is 3.75. The maximum absolute atomic E-state index is 12.6. The molecule has 0 N–H and O–H groups in total. The third-order valence-corrected chi connectivity index (χ3v) is 5.35. The van der Waals surface area contributed by atoms with Gasteiger partial charge in [0.25, 0.3) is 0 Å². The molecular formula is C21H26N4O3. The molecule has 7 heteroatoms. The molecule has 0 unspecified atom stereocenters. The van der Waals surface area contributed by atoms with E-state index in [1.54, 1.807) is 12.4 Å². The Morgan fingerprint density at radius 1 is 1.04 bits per heavy atom. The van der Waals surface area contributed by atoms with Gasteiger partial charge in [-0.05, 0) is 25.0 Å². The van der Waals surface area contributed by atoms with Gasteiger partial charge in [0.05, 0.1) is 19.8 Å². The number of likely N-dealkylation sites (tertiary alicyclic amines) is 1.